The topological polar surface area (TPSA) is 81.2 Å². The Bertz CT molecular complexity index is 748. The van der Waals surface area contributed by atoms with Crippen LogP contribution in [0.25, 0.3) is 0 Å². The molecule has 1 unspecified atom stereocenters. The zero-order chi connectivity index (χ0) is 14.8. The van der Waals surface area contributed by atoms with Crippen molar-refractivity contribution in [1.82, 2.24) is 4.98 Å². The molecule has 2 aromatic rings. The maximum Gasteiger partial charge on any atom is 0.205 e. The molecule has 1 aliphatic heterocycles. The molecule has 1 aromatic carbocycles. The molecule has 1 atom stereocenters. The molecule has 5 heteroatoms. The number of nitrogens with two attached hydrogens (primary N) is 1. The minimum Gasteiger partial charge on any atom is -0.497 e. The van der Waals surface area contributed by atoms with E-state index in [2.05, 4.69) is 11.1 Å². The summed E-state index contributed by atoms with van der Waals surface area (Å²) in [6.07, 6.45) is 3.42. The smallest absolute Gasteiger partial charge is 0.205 e. The Kier molecular flexibility index (Phi) is 3.20. The van der Waals surface area contributed by atoms with Gasteiger partial charge in [-0.15, -0.1) is 0 Å². The van der Waals surface area contributed by atoms with Gasteiger partial charge in [0, 0.05) is 24.0 Å². The van der Waals surface area contributed by atoms with Gasteiger partial charge in [0.2, 0.25) is 5.88 Å². The lowest BCUT2D eigenvalue weighted by atomic mass is 9.84. The highest BCUT2D eigenvalue weighted by Gasteiger charge is 2.30. The van der Waals surface area contributed by atoms with E-state index in [1.54, 1.807) is 25.6 Å². The average molecular weight is 279 g/mol. The van der Waals surface area contributed by atoms with Crippen LogP contribution >= 0.6 is 0 Å². The molecule has 0 radical (unpaired) electrons. The second kappa shape index (κ2) is 5.17. The average Bonchev–Trinajstić information content (AvgIpc) is 2.53. The van der Waals surface area contributed by atoms with Gasteiger partial charge in [-0.3, -0.25) is 4.98 Å². The van der Waals surface area contributed by atoms with Crippen LogP contribution in [0.3, 0.4) is 0 Å². The molecule has 2 heterocycles. The predicted molar refractivity (Wildman–Crippen MR) is 76.5 cm³/mol. The number of methoxy groups -OCH3 is 1. The summed E-state index contributed by atoms with van der Waals surface area (Å²) in [4.78, 5) is 4.12. The summed E-state index contributed by atoms with van der Waals surface area (Å²) in [6.45, 7) is 0. The van der Waals surface area contributed by atoms with Crippen LogP contribution in [0.4, 0.5) is 0 Å². The van der Waals surface area contributed by atoms with Gasteiger partial charge in [0.05, 0.1) is 13.0 Å². The van der Waals surface area contributed by atoms with Crippen molar-refractivity contribution in [3.63, 3.8) is 0 Å². The van der Waals surface area contributed by atoms with Crippen LogP contribution in [0.15, 0.2) is 54.2 Å². The highest BCUT2D eigenvalue weighted by atomic mass is 16.5. The van der Waals surface area contributed by atoms with Crippen molar-refractivity contribution in [2.24, 2.45) is 5.73 Å². The van der Waals surface area contributed by atoms with Gasteiger partial charge in [-0.05, 0) is 17.7 Å². The summed E-state index contributed by atoms with van der Waals surface area (Å²) < 4.78 is 10.8. The van der Waals surface area contributed by atoms with E-state index >= 15 is 0 Å². The number of nitriles is 1. The van der Waals surface area contributed by atoms with E-state index < -0.39 is 0 Å². The number of nitrogens with zero attached hydrogens (tertiary/aromatic N) is 2. The third-order valence-electron chi connectivity index (χ3n) is 3.44. The zero-order valence-electron chi connectivity index (χ0n) is 11.4. The molecule has 2 N–H and O–H groups in total. The number of ether oxygens (including phenoxy) is 2. The summed E-state index contributed by atoms with van der Waals surface area (Å²) in [5, 5.41) is 9.41. The number of fused-ring (bicyclic) bond motifs is 1. The standard InChI is InChI=1S/C16H13N3O2/c1-20-11-4-5-12-14(7-11)21-16(18)13(8-17)15(12)10-3-2-6-19-9-10/h2-7,9,15H,18H2,1H3. The van der Waals surface area contributed by atoms with Crippen LogP contribution in [-0.2, 0) is 0 Å². The van der Waals surface area contributed by atoms with Crippen LogP contribution in [0.1, 0.15) is 17.0 Å². The Balaban J connectivity index is 2.20. The number of benzene rings is 1. The van der Waals surface area contributed by atoms with Crippen LogP contribution in [-0.4, -0.2) is 12.1 Å². The van der Waals surface area contributed by atoms with E-state index in [1.807, 2.05) is 24.3 Å². The van der Waals surface area contributed by atoms with E-state index in [9.17, 15) is 5.26 Å². The molecule has 1 aliphatic rings. The molecule has 0 fully saturated rings. The van der Waals surface area contributed by atoms with Gasteiger partial charge in [0.15, 0.2) is 0 Å². The lowest BCUT2D eigenvalue weighted by molar-refractivity contribution is 0.381. The van der Waals surface area contributed by atoms with Gasteiger partial charge in [-0.25, -0.2) is 0 Å². The van der Waals surface area contributed by atoms with Gasteiger partial charge in [-0.1, -0.05) is 12.1 Å². The highest BCUT2D eigenvalue weighted by molar-refractivity contribution is 5.56. The zero-order valence-corrected chi connectivity index (χ0v) is 11.4. The van der Waals surface area contributed by atoms with Gasteiger partial charge >= 0.3 is 0 Å². The van der Waals surface area contributed by atoms with E-state index in [-0.39, 0.29) is 11.8 Å². The summed E-state index contributed by atoms with van der Waals surface area (Å²) in [7, 11) is 1.59. The first-order valence-electron chi connectivity index (χ1n) is 6.40. The first-order valence-corrected chi connectivity index (χ1v) is 6.40. The number of hydrogen-bond acceptors (Lipinski definition) is 5. The molecular formula is C16H13N3O2. The maximum atomic E-state index is 9.41. The van der Waals surface area contributed by atoms with E-state index in [1.165, 1.54) is 0 Å². The van der Waals surface area contributed by atoms with Crippen molar-refractivity contribution in [1.29, 1.82) is 5.26 Å². The van der Waals surface area contributed by atoms with Crippen LogP contribution in [0, 0.1) is 11.3 Å². The van der Waals surface area contributed by atoms with Gasteiger partial charge in [0.25, 0.3) is 0 Å². The molecule has 104 valence electrons. The first-order chi connectivity index (χ1) is 10.2. The highest BCUT2D eigenvalue weighted by Crippen LogP contribution is 2.42. The number of rotatable bonds is 2. The molecule has 3 rings (SSSR count). The fourth-order valence-electron chi connectivity index (χ4n) is 2.45. The molecule has 0 saturated carbocycles. The largest absolute Gasteiger partial charge is 0.497 e. The van der Waals surface area contributed by atoms with E-state index in [4.69, 9.17) is 15.2 Å². The minimum atomic E-state index is -0.279. The number of allylic oxidation sites excluding steroid dienone is 1. The normalized spacial score (nSPS) is 16.7. The van der Waals surface area contributed by atoms with Crippen molar-refractivity contribution in [2.45, 2.75) is 5.92 Å². The Morgan fingerprint density at radius 3 is 2.90 bits per heavy atom. The second-order valence-electron chi connectivity index (χ2n) is 4.61. The molecule has 5 nitrogen and oxygen atoms in total. The maximum absolute atomic E-state index is 9.41. The van der Waals surface area contributed by atoms with Crippen molar-refractivity contribution < 1.29 is 9.47 Å². The van der Waals surface area contributed by atoms with Crippen LogP contribution in [0.5, 0.6) is 11.5 Å². The van der Waals surface area contributed by atoms with E-state index in [0.717, 1.165) is 11.1 Å². The Morgan fingerprint density at radius 1 is 1.38 bits per heavy atom. The summed E-state index contributed by atoms with van der Waals surface area (Å²) in [5.74, 6) is 1.11. The molecule has 21 heavy (non-hydrogen) atoms. The van der Waals surface area contributed by atoms with E-state index in [0.29, 0.717) is 17.1 Å². The van der Waals surface area contributed by atoms with Crippen molar-refractivity contribution in [3.05, 3.63) is 65.3 Å². The first kappa shape index (κ1) is 13.0. The number of pyridine rings is 1. The minimum absolute atomic E-state index is 0.118. The summed E-state index contributed by atoms with van der Waals surface area (Å²) >= 11 is 0. The van der Waals surface area contributed by atoms with Gasteiger partial charge < -0.3 is 15.2 Å². The quantitative estimate of drug-likeness (QED) is 0.912. The molecule has 0 bridgehead atoms. The Hall–Kier alpha value is -3.00. The number of aromatic nitrogens is 1. The predicted octanol–water partition coefficient (Wildman–Crippen LogP) is 2.31. The second-order valence-corrected chi connectivity index (χ2v) is 4.61. The Labute approximate surface area is 122 Å². The molecule has 0 spiro atoms. The summed E-state index contributed by atoms with van der Waals surface area (Å²) in [6, 6.07) is 11.4. The van der Waals surface area contributed by atoms with Gasteiger partial charge in [-0.2, -0.15) is 5.26 Å². The molecule has 0 amide bonds. The van der Waals surface area contributed by atoms with Crippen molar-refractivity contribution >= 4 is 0 Å². The Morgan fingerprint density at radius 2 is 2.24 bits per heavy atom. The molecular weight excluding hydrogens is 266 g/mol. The fraction of sp³-hybridized carbons (Fsp3) is 0.125. The fourth-order valence-corrected chi connectivity index (χ4v) is 2.45. The SMILES string of the molecule is COc1ccc2c(c1)OC(N)=C(C#N)C2c1cccnc1. The summed E-state index contributed by atoms with van der Waals surface area (Å²) in [5.41, 5.74) is 8.05. The lowest BCUT2D eigenvalue weighted by Gasteiger charge is -2.26. The van der Waals surface area contributed by atoms with Crippen LogP contribution in [0.2, 0.25) is 0 Å². The monoisotopic (exact) mass is 279 g/mol. The lowest BCUT2D eigenvalue weighted by Crippen LogP contribution is -2.21. The van der Waals surface area contributed by atoms with Crippen molar-refractivity contribution in [2.75, 3.05) is 7.11 Å². The third kappa shape index (κ3) is 2.17. The van der Waals surface area contributed by atoms with Crippen LogP contribution < -0.4 is 15.2 Å². The van der Waals surface area contributed by atoms with Gasteiger partial charge in [0.1, 0.15) is 23.1 Å². The molecule has 1 aromatic heterocycles. The molecule has 0 aliphatic carbocycles. The van der Waals surface area contributed by atoms with Crippen molar-refractivity contribution in [3.8, 4) is 17.6 Å². The molecule has 0 saturated heterocycles. The third-order valence-corrected chi connectivity index (χ3v) is 3.44. The number of hydrogen-bond donors (Lipinski definition) is 1.